The normalized spacial score (nSPS) is 19.4. The predicted molar refractivity (Wildman–Crippen MR) is 53.2 cm³/mol. The van der Waals surface area contributed by atoms with E-state index in [4.69, 9.17) is 0 Å². The molecule has 0 aromatic carbocycles. The number of carbonyl (C=O) groups excluding carboxylic acids is 3. The molecule has 2 rings (SSSR count). The van der Waals surface area contributed by atoms with E-state index in [0.29, 0.717) is 5.82 Å². The minimum atomic E-state index is -1.20. The van der Waals surface area contributed by atoms with Gasteiger partial charge in [0.2, 0.25) is 5.91 Å². The lowest BCUT2D eigenvalue weighted by Crippen LogP contribution is -2.61. The molecule has 0 bridgehead atoms. The van der Waals surface area contributed by atoms with Crippen LogP contribution in [0.5, 0.6) is 0 Å². The molecule has 1 aliphatic rings. The zero-order valence-electron chi connectivity index (χ0n) is 8.69. The summed E-state index contributed by atoms with van der Waals surface area (Å²) in [5, 5.41) is 13.2. The van der Waals surface area contributed by atoms with Crippen LogP contribution in [-0.2, 0) is 20.9 Å². The molecular weight excluding hydrogens is 228 g/mol. The van der Waals surface area contributed by atoms with Gasteiger partial charge in [0, 0.05) is 0 Å². The molecule has 0 unspecified atom stereocenters. The molecule has 9 heteroatoms. The Bertz CT molecular complexity index is 442. The minimum Gasteiger partial charge on any atom is -0.347 e. The molecule has 9 nitrogen and oxygen atoms in total. The van der Waals surface area contributed by atoms with Gasteiger partial charge in [-0.2, -0.15) is 5.10 Å². The quantitative estimate of drug-likeness (QED) is 0.418. The van der Waals surface area contributed by atoms with E-state index in [1.165, 1.54) is 6.33 Å². The standard InChI is InChI=1S/C8H10N6O3/c15-5-2-10-8(17)6(13-5)7(16)9-1-4-11-3-12-14-4/h3,6H,1-2H2,(H,9,16)(H,10,17)(H,13,15)(H,11,12,14)/t6-/m1/s1. The number of piperazine rings is 1. The van der Waals surface area contributed by atoms with Crippen molar-refractivity contribution in [1.82, 2.24) is 31.1 Å². The lowest BCUT2D eigenvalue weighted by molar-refractivity contribution is -0.140. The van der Waals surface area contributed by atoms with Gasteiger partial charge in [0.1, 0.15) is 12.2 Å². The van der Waals surface area contributed by atoms with Gasteiger partial charge in [-0.15, -0.1) is 0 Å². The summed E-state index contributed by atoms with van der Waals surface area (Å²) >= 11 is 0. The Morgan fingerprint density at radius 3 is 3.06 bits per heavy atom. The van der Waals surface area contributed by atoms with Crippen LogP contribution in [0.4, 0.5) is 0 Å². The number of aromatic nitrogens is 3. The van der Waals surface area contributed by atoms with Crippen molar-refractivity contribution < 1.29 is 14.4 Å². The van der Waals surface area contributed by atoms with E-state index >= 15 is 0 Å². The molecule has 1 aromatic rings. The van der Waals surface area contributed by atoms with Crippen LogP contribution in [-0.4, -0.2) is 45.5 Å². The summed E-state index contributed by atoms with van der Waals surface area (Å²) < 4.78 is 0. The molecule has 1 aliphatic heterocycles. The van der Waals surface area contributed by atoms with Gasteiger partial charge in [-0.3, -0.25) is 19.5 Å². The average molecular weight is 238 g/mol. The van der Waals surface area contributed by atoms with E-state index < -0.39 is 23.8 Å². The van der Waals surface area contributed by atoms with Crippen molar-refractivity contribution in [3.05, 3.63) is 12.2 Å². The van der Waals surface area contributed by atoms with E-state index in [0.717, 1.165) is 0 Å². The lowest BCUT2D eigenvalue weighted by Gasteiger charge is -2.21. The maximum Gasteiger partial charge on any atom is 0.252 e. The Balaban J connectivity index is 1.90. The first-order valence-electron chi connectivity index (χ1n) is 4.86. The molecule has 4 N–H and O–H groups in total. The zero-order valence-corrected chi connectivity index (χ0v) is 8.69. The van der Waals surface area contributed by atoms with Crippen molar-refractivity contribution >= 4 is 17.7 Å². The first-order valence-corrected chi connectivity index (χ1v) is 4.86. The van der Waals surface area contributed by atoms with Crippen LogP contribution in [0, 0.1) is 0 Å². The Morgan fingerprint density at radius 1 is 1.53 bits per heavy atom. The SMILES string of the molecule is O=C1CNC(=O)[C@@H](C(=O)NCc2ncn[nH]2)N1. The number of aromatic amines is 1. The Labute approximate surface area is 95.4 Å². The topological polar surface area (TPSA) is 129 Å². The highest BCUT2D eigenvalue weighted by atomic mass is 16.2. The van der Waals surface area contributed by atoms with E-state index in [2.05, 4.69) is 31.1 Å². The van der Waals surface area contributed by atoms with Crippen LogP contribution in [0.2, 0.25) is 0 Å². The number of amides is 3. The average Bonchev–Trinajstić information content (AvgIpc) is 2.82. The van der Waals surface area contributed by atoms with Crippen LogP contribution in [0.3, 0.4) is 0 Å². The molecule has 1 atom stereocenters. The Kier molecular flexibility index (Phi) is 2.99. The van der Waals surface area contributed by atoms with E-state index in [-0.39, 0.29) is 13.1 Å². The van der Waals surface area contributed by atoms with Gasteiger partial charge in [0.25, 0.3) is 11.8 Å². The molecule has 1 saturated heterocycles. The second-order valence-electron chi connectivity index (χ2n) is 3.37. The number of H-pyrrole nitrogens is 1. The third-order valence-corrected chi connectivity index (χ3v) is 2.15. The van der Waals surface area contributed by atoms with Gasteiger partial charge in [-0.05, 0) is 0 Å². The Hall–Kier alpha value is -2.45. The van der Waals surface area contributed by atoms with Crippen molar-refractivity contribution in [2.45, 2.75) is 12.6 Å². The van der Waals surface area contributed by atoms with Crippen molar-refractivity contribution in [3.8, 4) is 0 Å². The van der Waals surface area contributed by atoms with Crippen LogP contribution in [0.25, 0.3) is 0 Å². The fourth-order valence-corrected chi connectivity index (χ4v) is 1.32. The van der Waals surface area contributed by atoms with E-state index in [1.807, 2.05) is 0 Å². The summed E-state index contributed by atoms with van der Waals surface area (Å²) in [7, 11) is 0. The highest BCUT2D eigenvalue weighted by molar-refractivity contribution is 6.09. The zero-order chi connectivity index (χ0) is 12.3. The van der Waals surface area contributed by atoms with Gasteiger partial charge in [0.05, 0.1) is 13.1 Å². The number of nitrogens with zero attached hydrogens (tertiary/aromatic N) is 2. The fourth-order valence-electron chi connectivity index (χ4n) is 1.32. The minimum absolute atomic E-state index is 0.106. The van der Waals surface area contributed by atoms with Crippen LogP contribution >= 0.6 is 0 Å². The Morgan fingerprint density at radius 2 is 2.35 bits per heavy atom. The molecule has 0 saturated carbocycles. The number of carbonyl (C=O) groups is 3. The maximum atomic E-state index is 11.6. The third kappa shape index (κ3) is 2.56. The monoisotopic (exact) mass is 238 g/mol. The fraction of sp³-hybridized carbons (Fsp3) is 0.375. The third-order valence-electron chi connectivity index (χ3n) is 2.15. The van der Waals surface area contributed by atoms with E-state index in [9.17, 15) is 14.4 Å². The summed E-state index contributed by atoms with van der Waals surface area (Å²) in [5.74, 6) is -1.06. The van der Waals surface area contributed by atoms with Crippen molar-refractivity contribution in [2.75, 3.05) is 6.54 Å². The summed E-state index contributed by atoms with van der Waals surface area (Å²) in [4.78, 5) is 37.7. The molecule has 2 heterocycles. The summed E-state index contributed by atoms with van der Waals surface area (Å²) in [5.41, 5.74) is 0. The molecule has 0 aliphatic carbocycles. The van der Waals surface area contributed by atoms with Crippen molar-refractivity contribution in [2.24, 2.45) is 0 Å². The summed E-state index contributed by atoms with van der Waals surface area (Å²) in [6.45, 7) is 0.00318. The maximum absolute atomic E-state index is 11.6. The van der Waals surface area contributed by atoms with Gasteiger partial charge < -0.3 is 16.0 Å². The number of hydrogen-bond donors (Lipinski definition) is 4. The number of nitrogens with one attached hydrogen (secondary N) is 4. The van der Waals surface area contributed by atoms with Crippen molar-refractivity contribution in [1.29, 1.82) is 0 Å². The van der Waals surface area contributed by atoms with Crippen LogP contribution < -0.4 is 16.0 Å². The second-order valence-corrected chi connectivity index (χ2v) is 3.37. The highest BCUT2D eigenvalue weighted by Gasteiger charge is 2.31. The first kappa shape index (κ1) is 11.0. The smallest absolute Gasteiger partial charge is 0.252 e. The first-order chi connectivity index (χ1) is 8.16. The van der Waals surface area contributed by atoms with Gasteiger partial charge in [-0.25, -0.2) is 4.98 Å². The highest BCUT2D eigenvalue weighted by Crippen LogP contribution is 1.92. The van der Waals surface area contributed by atoms with Gasteiger partial charge in [-0.1, -0.05) is 0 Å². The lowest BCUT2D eigenvalue weighted by atomic mass is 10.2. The molecule has 17 heavy (non-hydrogen) atoms. The predicted octanol–water partition coefficient (Wildman–Crippen LogP) is -2.96. The van der Waals surface area contributed by atoms with Gasteiger partial charge in [0.15, 0.2) is 6.04 Å². The largest absolute Gasteiger partial charge is 0.347 e. The second kappa shape index (κ2) is 4.60. The van der Waals surface area contributed by atoms with Crippen LogP contribution in [0.15, 0.2) is 6.33 Å². The number of hydrogen-bond acceptors (Lipinski definition) is 5. The molecular formula is C8H10N6O3. The molecule has 90 valence electrons. The van der Waals surface area contributed by atoms with Crippen molar-refractivity contribution in [3.63, 3.8) is 0 Å². The summed E-state index contributed by atoms with van der Waals surface area (Å²) in [6, 6.07) is -1.20. The van der Waals surface area contributed by atoms with Gasteiger partial charge >= 0.3 is 0 Å². The molecule has 0 spiro atoms. The molecule has 3 amide bonds. The summed E-state index contributed by atoms with van der Waals surface area (Å²) in [6.07, 6.45) is 1.30. The molecule has 1 aromatic heterocycles. The molecule has 0 radical (unpaired) electrons. The molecule has 1 fully saturated rings. The van der Waals surface area contributed by atoms with E-state index in [1.54, 1.807) is 0 Å². The number of rotatable bonds is 3. The van der Waals surface area contributed by atoms with Crippen LogP contribution in [0.1, 0.15) is 5.82 Å².